The van der Waals surface area contributed by atoms with Crippen molar-refractivity contribution < 1.29 is 42.4 Å². The first-order valence-corrected chi connectivity index (χ1v) is 13.9. The second-order valence-corrected chi connectivity index (χ2v) is 11.4. The minimum absolute atomic E-state index is 0.170. The van der Waals surface area contributed by atoms with Crippen molar-refractivity contribution in [2.75, 3.05) is 13.1 Å². The zero-order valence-electron chi connectivity index (χ0n) is 23.7. The van der Waals surface area contributed by atoms with E-state index in [0.29, 0.717) is 28.8 Å². The Kier molecular flexibility index (Phi) is 10.9. The molecule has 0 radical (unpaired) electrons. The van der Waals surface area contributed by atoms with E-state index >= 15 is 0 Å². The molecule has 1 saturated heterocycles. The number of carboxylic acids is 1. The summed E-state index contributed by atoms with van der Waals surface area (Å²) in [5.74, 6) is -0.521. The number of ether oxygens (including phenoxy) is 2. The largest absolute Gasteiger partial charge is 0.506 e. The molecule has 230 valence electrons. The minimum atomic E-state index is -5.08. The van der Waals surface area contributed by atoms with Crippen molar-refractivity contribution in [3.8, 4) is 11.5 Å². The Hall–Kier alpha value is -3.67. The summed E-state index contributed by atoms with van der Waals surface area (Å²) in [6.07, 6.45) is -1.29. The fourth-order valence-corrected chi connectivity index (χ4v) is 4.61. The lowest BCUT2D eigenvalue weighted by atomic mass is 9.92. The molecule has 0 saturated carbocycles. The molecule has 0 bridgehead atoms. The number of amides is 1. The van der Waals surface area contributed by atoms with Crippen molar-refractivity contribution in [2.24, 2.45) is 5.92 Å². The fraction of sp³-hybridized carbons (Fsp3) is 0.483. The van der Waals surface area contributed by atoms with Gasteiger partial charge in [-0.05, 0) is 88.8 Å². The number of aromatic hydroxyl groups is 1. The third-order valence-corrected chi connectivity index (χ3v) is 6.77. The van der Waals surface area contributed by atoms with Crippen LogP contribution >= 0.6 is 11.6 Å². The number of carboxylic acid groups (broad SMARTS) is 1. The summed E-state index contributed by atoms with van der Waals surface area (Å²) in [7, 11) is 0. The molecule has 2 aromatic carbocycles. The van der Waals surface area contributed by atoms with E-state index in [1.54, 1.807) is 18.2 Å². The number of aromatic nitrogens is 2. The van der Waals surface area contributed by atoms with Gasteiger partial charge in [0, 0.05) is 24.7 Å². The van der Waals surface area contributed by atoms with Crippen LogP contribution in [0.25, 0.3) is 11.0 Å². The standard InChI is InChI=1S/C27H34ClN3O4.C2HF3O2/c1-27(2,3)35-26(33)30-16-13-19(14-17-30)6-5-15-31-22-7-4-8-23(32)25(22)29-24(31)18-34-21-11-9-20(28)10-12-21;3-2(4,5)1(6)7/h4,7-12,19,32H,5-6,13-18H2,1-3H3;(H,6,7). The van der Waals surface area contributed by atoms with Crippen LogP contribution in [-0.4, -0.2) is 61.6 Å². The van der Waals surface area contributed by atoms with Crippen LogP contribution in [0.5, 0.6) is 11.5 Å². The van der Waals surface area contributed by atoms with Gasteiger partial charge in [-0.1, -0.05) is 17.7 Å². The van der Waals surface area contributed by atoms with Gasteiger partial charge in [-0.15, -0.1) is 0 Å². The molecule has 1 amide bonds. The Balaban J connectivity index is 0.000000616. The number of aryl methyl sites for hydroxylation is 1. The van der Waals surface area contributed by atoms with E-state index in [-0.39, 0.29) is 11.8 Å². The molecule has 2 N–H and O–H groups in total. The number of hydrogen-bond donors (Lipinski definition) is 2. The number of aliphatic carboxylic acids is 1. The van der Waals surface area contributed by atoms with Crippen molar-refractivity contribution in [3.05, 3.63) is 53.3 Å². The lowest BCUT2D eigenvalue weighted by molar-refractivity contribution is -0.192. The molecule has 9 nitrogen and oxygen atoms in total. The molecule has 2 heterocycles. The predicted octanol–water partition coefficient (Wildman–Crippen LogP) is 7.03. The molecule has 0 unspecified atom stereocenters. The summed E-state index contributed by atoms with van der Waals surface area (Å²) in [4.78, 5) is 27.7. The zero-order chi connectivity index (χ0) is 31.1. The SMILES string of the molecule is CC(C)(C)OC(=O)N1CCC(CCCn2c(COc3ccc(Cl)cc3)nc3c(O)cccc32)CC1.O=C(O)C(F)(F)F. The number of phenols is 1. The zero-order valence-corrected chi connectivity index (χ0v) is 24.4. The number of likely N-dealkylation sites (tertiary alicyclic amines) is 1. The van der Waals surface area contributed by atoms with E-state index in [1.807, 2.05) is 49.9 Å². The average molecular weight is 614 g/mol. The van der Waals surface area contributed by atoms with Crippen LogP contribution in [0.3, 0.4) is 0 Å². The molecule has 42 heavy (non-hydrogen) atoms. The number of alkyl halides is 3. The van der Waals surface area contributed by atoms with Gasteiger partial charge in [0.25, 0.3) is 0 Å². The first kappa shape index (κ1) is 32.8. The molecule has 1 aliphatic rings. The number of para-hydroxylation sites is 1. The maximum Gasteiger partial charge on any atom is 0.490 e. The third-order valence-electron chi connectivity index (χ3n) is 6.52. The summed E-state index contributed by atoms with van der Waals surface area (Å²) in [5, 5.41) is 18.1. The van der Waals surface area contributed by atoms with E-state index in [2.05, 4.69) is 9.55 Å². The number of phenolic OH excluding ortho intramolecular Hbond substituents is 1. The van der Waals surface area contributed by atoms with Crippen molar-refractivity contribution in [1.82, 2.24) is 14.5 Å². The highest BCUT2D eigenvalue weighted by Crippen LogP contribution is 2.28. The van der Waals surface area contributed by atoms with Gasteiger partial charge in [0.2, 0.25) is 0 Å². The maximum atomic E-state index is 12.3. The number of carbonyl (C=O) groups excluding carboxylic acids is 1. The van der Waals surface area contributed by atoms with Crippen molar-refractivity contribution in [2.45, 2.75) is 71.4 Å². The van der Waals surface area contributed by atoms with Crippen LogP contribution in [0, 0.1) is 5.92 Å². The Bertz CT molecular complexity index is 1350. The molecular weight excluding hydrogens is 579 g/mol. The highest BCUT2D eigenvalue weighted by Gasteiger charge is 2.38. The quantitative estimate of drug-likeness (QED) is 0.294. The monoisotopic (exact) mass is 613 g/mol. The molecule has 0 aliphatic carbocycles. The molecule has 13 heteroatoms. The fourth-order valence-electron chi connectivity index (χ4n) is 4.49. The molecule has 1 aromatic heterocycles. The Labute approximate surface area is 246 Å². The van der Waals surface area contributed by atoms with Gasteiger partial charge in [-0.2, -0.15) is 13.2 Å². The molecule has 4 rings (SSSR count). The second kappa shape index (κ2) is 14.0. The normalized spacial score (nSPS) is 14.3. The summed E-state index contributed by atoms with van der Waals surface area (Å²) in [6, 6.07) is 12.7. The number of rotatable bonds is 7. The maximum absolute atomic E-state index is 12.3. The predicted molar refractivity (Wildman–Crippen MR) is 151 cm³/mol. The van der Waals surface area contributed by atoms with Gasteiger partial charge in [-0.3, -0.25) is 0 Å². The van der Waals surface area contributed by atoms with Crippen LogP contribution in [0.15, 0.2) is 42.5 Å². The van der Waals surface area contributed by atoms with Gasteiger partial charge >= 0.3 is 18.2 Å². The number of nitrogens with zero attached hydrogens (tertiary/aromatic N) is 3. The number of benzene rings is 2. The van der Waals surface area contributed by atoms with Gasteiger partial charge in [0.1, 0.15) is 35.0 Å². The average Bonchev–Trinajstić information content (AvgIpc) is 3.26. The lowest BCUT2D eigenvalue weighted by Gasteiger charge is -2.33. The Morgan fingerprint density at radius 3 is 2.26 bits per heavy atom. The number of hydrogen-bond acceptors (Lipinski definition) is 6. The van der Waals surface area contributed by atoms with Gasteiger partial charge < -0.3 is 29.2 Å². The van der Waals surface area contributed by atoms with Gasteiger partial charge in [0.15, 0.2) is 0 Å². The van der Waals surface area contributed by atoms with E-state index in [4.69, 9.17) is 31.0 Å². The molecule has 0 spiro atoms. The molecule has 1 fully saturated rings. The van der Waals surface area contributed by atoms with Gasteiger partial charge in [-0.25, -0.2) is 14.6 Å². The van der Waals surface area contributed by atoms with Crippen LogP contribution in [0.2, 0.25) is 5.02 Å². The Morgan fingerprint density at radius 1 is 1.07 bits per heavy atom. The first-order chi connectivity index (χ1) is 19.6. The van der Waals surface area contributed by atoms with Crippen LogP contribution in [0.1, 0.15) is 52.3 Å². The summed E-state index contributed by atoms with van der Waals surface area (Å²) in [6.45, 7) is 8.24. The molecule has 3 aromatic rings. The number of imidazole rings is 1. The number of fused-ring (bicyclic) bond motifs is 1. The molecule has 1 aliphatic heterocycles. The van der Waals surface area contributed by atoms with Crippen molar-refractivity contribution in [3.63, 3.8) is 0 Å². The topological polar surface area (TPSA) is 114 Å². The highest BCUT2D eigenvalue weighted by atomic mass is 35.5. The van der Waals surface area contributed by atoms with Crippen molar-refractivity contribution >= 4 is 34.7 Å². The second-order valence-electron chi connectivity index (χ2n) is 10.9. The van der Waals surface area contributed by atoms with E-state index in [9.17, 15) is 23.1 Å². The number of carbonyl (C=O) groups is 2. The molecular formula is C29H35ClF3N3O6. The summed E-state index contributed by atoms with van der Waals surface area (Å²) < 4.78 is 45.3. The van der Waals surface area contributed by atoms with Gasteiger partial charge in [0.05, 0.1) is 5.52 Å². The molecule has 0 atom stereocenters. The first-order valence-electron chi connectivity index (χ1n) is 13.5. The summed E-state index contributed by atoms with van der Waals surface area (Å²) >= 11 is 5.97. The number of halogens is 4. The van der Waals surface area contributed by atoms with Crippen LogP contribution < -0.4 is 4.74 Å². The lowest BCUT2D eigenvalue weighted by Crippen LogP contribution is -2.41. The Morgan fingerprint density at radius 2 is 1.69 bits per heavy atom. The third kappa shape index (κ3) is 9.71. The number of piperidine rings is 1. The minimum Gasteiger partial charge on any atom is -0.506 e. The van der Waals surface area contributed by atoms with Crippen molar-refractivity contribution in [1.29, 1.82) is 0 Å². The van der Waals surface area contributed by atoms with Crippen LogP contribution in [0.4, 0.5) is 18.0 Å². The van der Waals surface area contributed by atoms with Crippen LogP contribution in [-0.2, 0) is 22.7 Å². The van der Waals surface area contributed by atoms with E-state index < -0.39 is 17.7 Å². The smallest absolute Gasteiger partial charge is 0.490 e. The van der Waals surface area contributed by atoms with E-state index in [0.717, 1.165) is 56.7 Å². The van der Waals surface area contributed by atoms with E-state index in [1.165, 1.54) is 0 Å². The highest BCUT2D eigenvalue weighted by molar-refractivity contribution is 6.30. The summed E-state index contributed by atoms with van der Waals surface area (Å²) in [5.41, 5.74) is 1.03.